The summed E-state index contributed by atoms with van der Waals surface area (Å²) >= 11 is 2.02. The van der Waals surface area contributed by atoms with Gasteiger partial charge in [-0.15, -0.1) is 0 Å². The Labute approximate surface area is 101 Å². The lowest BCUT2D eigenvalue weighted by molar-refractivity contribution is 0.357. The van der Waals surface area contributed by atoms with Crippen LogP contribution in [0.5, 0.6) is 5.75 Å². The third-order valence-corrected chi connectivity index (χ3v) is 4.95. The highest BCUT2D eigenvalue weighted by molar-refractivity contribution is 8.00. The summed E-state index contributed by atoms with van der Waals surface area (Å²) in [6.07, 6.45) is 3.62. The Bertz CT molecular complexity index is 388. The zero-order valence-corrected chi connectivity index (χ0v) is 10.1. The van der Waals surface area contributed by atoms with Crippen molar-refractivity contribution in [3.8, 4) is 5.75 Å². The van der Waals surface area contributed by atoms with Gasteiger partial charge in [0.2, 0.25) is 0 Å². The molecule has 1 fully saturated rings. The van der Waals surface area contributed by atoms with E-state index < -0.39 is 0 Å². The van der Waals surface area contributed by atoms with Gasteiger partial charge in [-0.3, -0.25) is 0 Å². The molecule has 2 aliphatic heterocycles. The van der Waals surface area contributed by atoms with Crippen LogP contribution in [-0.4, -0.2) is 17.6 Å². The van der Waals surface area contributed by atoms with E-state index in [9.17, 15) is 0 Å². The van der Waals surface area contributed by atoms with Gasteiger partial charge in [-0.05, 0) is 35.8 Å². The summed E-state index contributed by atoms with van der Waals surface area (Å²) in [6.45, 7) is 0.826. The van der Waals surface area contributed by atoms with Crippen molar-refractivity contribution in [2.45, 2.75) is 30.6 Å². The minimum Gasteiger partial charge on any atom is -0.493 e. The first-order valence-electron chi connectivity index (χ1n) is 5.97. The van der Waals surface area contributed by atoms with Crippen molar-refractivity contribution in [2.24, 2.45) is 5.73 Å². The summed E-state index contributed by atoms with van der Waals surface area (Å²) in [5.41, 5.74) is 8.94. The van der Waals surface area contributed by atoms with Crippen LogP contribution in [0.1, 0.15) is 30.0 Å². The zero-order valence-electron chi connectivity index (χ0n) is 9.32. The fourth-order valence-electron chi connectivity index (χ4n) is 2.51. The lowest BCUT2D eigenvalue weighted by atomic mass is 9.99. The van der Waals surface area contributed by atoms with E-state index in [0.29, 0.717) is 5.25 Å². The first kappa shape index (κ1) is 10.5. The van der Waals surface area contributed by atoms with Crippen LogP contribution in [0.4, 0.5) is 0 Å². The normalized spacial score (nSPS) is 25.2. The van der Waals surface area contributed by atoms with E-state index in [-0.39, 0.29) is 6.04 Å². The van der Waals surface area contributed by atoms with E-state index in [2.05, 4.69) is 18.2 Å². The summed E-state index contributed by atoms with van der Waals surface area (Å²) < 4.78 is 5.51. The Morgan fingerprint density at radius 3 is 3.19 bits per heavy atom. The largest absolute Gasteiger partial charge is 0.493 e. The molecule has 2 heterocycles. The van der Waals surface area contributed by atoms with Crippen LogP contribution in [0.3, 0.4) is 0 Å². The molecule has 16 heavy (non-hydrogen) atoms. The molecule has 0 radical (unpaired) electrons. The number of hydrogen-bond donors (Lipinski definition) is 1. The SMILES string of the molecule is NC(c1ccc2c(c1)CCO2)C1CCCS1. The molecule has 1 aromatic rings. The summed E-state index contributed by atoms with van der Waals surface area (Å²) in [4.78, 5) is 0. The fourth-order valence-corrected chi connectivity index (χ4v) is 3.85. The molecule has 0 aromatic heterocycles. The third kappa shape index (κ3) is 1.82. The van der Waals surface area contributed by atoms with Gasteiger partial charge in [-0.1, -0.05) is 12.1 Å². The summed E-state index contributed by atoms with van der Waals surface area (Å²) in [6, 6.07) is 6.65. The average molecular weight is 235 g/mol. The molecule has 2 N–H and O–H groups in total. The first-order valence-corrected chi connectivity index (χ1v) is 7.02. The molecule has 0 aliphatic carbocycles. The number of rotatable bonds is 2. The van der Waals surface area contributed by atoms with Crippen LogP contribution in [0.2, 0.25) is 0 Å². The van der Waals surface area contributed by atoms with Gasteiger partial charge >= 0.3 is 0 Å². The number of ether oxygens (including phenoxy) is 1. The predicted octanol–water partition coefficient (Wildman–Crippen LogP) is 2.52. The number of nitrogens with two attached hydrogens (primary N) is 1. The predicted molar refractivity (Wildman–Crippen MR) is 68.0 cm³/mol. The van der Waals surface area contributed by atoms with Crippen molar-refractivity contribution in [1.29, 1.82) is 0 Å². The highest BCUT2D eigenvalue weighted by Crippen LogP contribution is 2.36. The van der Waals surface area contributed by atoms with Crippen molar-refractivity contribution in [2.75, 3.05) is 12.4 Å². The second-order valence-corrected chi connectivity index (χ2v) is 5.89. The quantitative estimate of drug-likeness (QED) is 0.855. The molecule has 2 aliphatic rings. The maximum atomic E-state index is 6.33. The van der Waals surface area contributed by atoms with Crippen LogP contribution in [0, 0.1) is 0 Å². The Morgan fingerprint density at radius 1 is 1.44 bits per heavy atom. The van der Waals surface area contributed by atoms with Gasteiger partial charge in [-0.2, -0.15) is 11.8 Å². The van der Waals surface area contributed by atoms with E-state index in [1.807, 2.05) is 11.8 Å². The van der Waals surface area contributed by atoms with Crippen LogP contribution >= 0.6 is 11.8 Å². The highest BCUT2D eigenvalue weighted by Gasteiger charge is 2.25. The maximum absolute atomic E-state index is 6.33. The number of hydrogen-bond acceptors (Lipinski definition) is 3. The first-order chi connectivity index (χ1) is 7.84. The van der Waals surface area contributed by atoms with E-state index in [4.69, 9.17) is 10.5 Å². The summed E-state index contributed by atoms with van der Waals surface area (Å²) in [7, 11) is 0. The van der Waals surface area contributed by atoms with Crippen molar-refractivity contribution >= 4 is 11.8 Å². The number of benzene rings is 1. The average Bonchev–Trinajstić information content (AvgIpc) is 2.98. The molecule has 2 unspecified atom stereocenters. The third-order valence-electron chi connectivity index (χ3n) is 3.46. The van der Waals surface area contributed by atoms with E-state index >= 15 is 0 Å². The van der Waals surface area contributed by atoms with E-state index in [1.165, 1.54) is 29.7 Å². The van der Waals surface area contributed by atoms with Crippen molar-refractivity contribution in [3.63, 3.8) is 0 Å². The summed E-state index contributed by atoms with van der Waals surface area (Å²) in [5, 5.41) is 0.611. The Morgan fingerprint density at radius 2 is 2.38 bits per heavy atom. The monoisotopic (exact) mass is 235 g/mol. The molecule has 1 saturated heterocycles. The molecule has 1 aromatic carbocycles. The minimum atomic E-state index is 0.193. The Hall–Kier alpha value is -0.670. The van der Waals surface area contributed by atoms with Gasteiger partial charge < -0.3 is 10.5 Å². The second-order valence-electron chi connectivity index (χ2n) is 4.54. The van der Waals surface area contributed by atoms with Crippen molar-refractivity contribution in [3.05, 3.63) is 29.3 Å². The second kappa shape index (κ2) is 4.30. The van der Waals surface area contributed by atoms with Crippen molar-refractivity contribution < 1.29 is 4.74 Å². The van der Waals surface area contributed by atoms with Gasteiger partial charge in [0.25, 0.3) is 0 Å². The van der Waals surface area contributed by atoms with Gasteiger partial charge in [0, 0.05) is 17.7 Å². The number of fused-ring (bicyclic) bond motifs is 1. The molecule has 0 saturated carbocycles. The molecule has 86 valence electrons. The van der Waals surface area contributed by atoms with Crippen molar-refractivity contribution in [1.82, 2.24) is 0 Å². The van der Waals surface area contributed by atoms with Crippen LogP contribution < -0.4 is 10.5 Å². The van der Waals surface area contributed by atoms with Crippen LogP contribution in [0.25, 0.3) is 0 Å². The molecule has 2 nitrogen and oxygen atoms in total. The molecule has 0 spiro atoms. The van der Waals surface area contributed by atoms with E-state index in [1.54, 1.807) is 0 Å². The van der Waals surface area contributed by atoms with Crippen LogP contribution in [-0.2, 0) is 6.42 Å². The Balaban J connectivity index is 1.83. The summed E-state index contributed by atoms with van der Waals surface area (Å²) in [5.74, 6) is 2.32. The maximum Gasteiger partial charge on any atom is 0.122 e. The zero-order chi connectivity index (χ0) is 11.0. The Kier molecular flexibility index (Phi) is 2.82. The standard InChI is InChI=1S/C13H17NOS/c14-13(12-2-1-7-16-12)10-3-4-11-9(8-10)5-6-15-11/h3-4,8,12-13H,1-2,5-7,14H2. The molecular weight excluding hydrogens is 218 g/mol. The molecule has 3 heteroatoms. The lowest BCUT2D eigenvalue weighted by Gasteiger charge is -2.19. The highest BCUT2D eigenvalue weighted by atomic mass is 32.2. The topological polar surface area (TPSA) is 35.2 Å². The van der Waals surface area contributed by atoms with Gasteiger partial charge in [0.1, 0.15) is 5.75 Å². The smallest absolute Gasteiger partial charge is 0.122 e. The molecule has 0 amide bonds. The van der Waals surface area contributed by atoms with Crippen LogP contribution in [0.15, 0.2) is 18.2 Å². The number of thioether (sulfide) groups is 1. The lowest BCUT2D eigenvalue weighted by Crippen LogP contribution is -2.21. The fraction of sp³-hybridized carbons (Fsp3) is 0.538. The van der Waals surface area contributed by atoms with Gasteiger partial charge in [0.05, 0.1) is 6.61 Å². The van der Waals surface area contributed by atoms with Gasteiger partial charge in [-0.25, -0.2) is 0 Å². The van der Waals surface area contributed by atoms with E-state index in [0.717, 1.165) is 18.8 Å². The minimum absolute atomic E-state index is 0.193. The molecule has 2 atom stereocenters. The van der Waals surface area contributed by atoms with Gasteiger partial charge in [0.15, 0.2) is 0 Å². The molecule has 0 bridgehead atoms. The molecule has 3 rings (SSSR count). The molecular formula is C13H17NOS.